The van der Waals surface area contributed by atoms with Crippen molar-refractivity contribution in [3.05, 3.63) is 34.4 Å². The van der Waals surface area contributed by atoms with Crippen molar-refractivity contribution in [2.45, 2.75) is 32.4 Å². The molecule has 0 aliphatic heterocycles. The van der Waals surface area contributed by atoms with Crippen molar-refractivity contribution in [2.24, 2.45) is 0 Å². The summed E-state index contributed by atoms with van der Waals surface area (Å²) in [6, 6.07) is 6.47. The highest BCUT2D eigenvalue weighted by atomic mass is 16.6. The first kappa shape index (κ1) is 12.4. The zero-order valence-corrected chi connectivity index (χ0v) is 9.38. The van der Waals surface area contributed by atoms with Gasteiger partial charge in [0.25, 0.3) is 5.69 Å². The van der Waals surface area contributed by atoms with Crippen LogP contribution in [0.1, 0.15) is 20.3 Å². The van der Waals surface area contributed by atoms with Crippen LogP contribution in [0.2, 0.25) is 0 Å². The van der Waals surface area contributed by atoms with Gasteiger partial charge in [-0.3, -0.25) is 10.1 Å². The third kappa shape index (κ3) is 3.51. The second-order valence-electron chi connectivity index (χ2n) is 3.90. The minimum Gasteiger partial charge on any atom is -0.393 e. The number of aliphatic hydroxyl groups is 1. The van der Waals surface area contributed by atoms with E-state index in [9.17, 15) is 15.2 Å². The van der Waals surface area contributed by atoms with Crippen molar-refractivity contribution < 1.29 is 10.0 Å². The lowest BCUT2D eigenvalue weighted by Crippen LogP contribution is -2.21. The molecule has 2 N–H and O–H groups in total. The Morgan fingerprint density at radius 1 is 1.44 bits per heavy atom. The maximum absolute atomic E-state index is 10.7. The molecule has 16 heavy (non-hydrogen) atoms. The second kappa shape index (κ2) is 5.46. The van der Waals surface area contributed by atoms with Gasteiger partial charge in [-0.1, -0.05) is 12.1 Å². The fourth-order valence-corrected chi connectivity index (χ4v) is 1.59. The Balaban J connectivity index is 2.76. The monoisotopic (exact) mass is 224 g/mol. The summed E-state index contributed by atoms with van der Waals surface area (Å²) in [7, 11) is 0. The lowest BCUT2D eigenvalue weighted by molar-refractivity contribution is -0.384. The molecule has 5 heteroatoms. The Labute approximate surface area is 94.3 Å². The first-order chi connectivity index (χ1) is 7.50. The van der Waals surface area contributed by atoms with Crippen LogP contribution in [0.4, 0.5) is 11.4 Å². The lowest BCUT2D eigenvalue weighted by Gasteiger charge is -2.16. The minimum atomic E-state index is -0.426. The van der Waals surface area contributed by atoms with Crippen LogP contribution in [0.15, 0.2) is 24.3 Å². The lowest BCUT2D eigenvalue weighted by atomic mass is 10.1. The Bertz CT molecular complexity index is 366. The summed E-state index contributed by atoms with van der Waals surface area (Å²) < 4.78 is 0. The van der Waals surface area contributed by atoms with Gasteiger partial charge in [-0.2, -0.15) is 0 Å². The van der Waals surface area contributed by atoms with E-state index in [1.54, 1.807) is 25.1 Å². The number of anilines is 1. The molecule has 0 amide bonds. The molecular formula is C11H16N2O3. The molecule has 0 aliphatic carbocycles. The Morgan fingerprint density at radius 3 is 2.62 bits per heavy atom. The number of nitro groups is 1. The molecule has 0 saturated heterocycles. The van der Waals surface area contributed by atoms with E-state index in [1.165, 1.54) is 6.07 Å². The van der Waals surface area contributed by atoms with Gasteiger partial charge < -0.3 is 10.4 Å². The summed E-state index contributed by atoms with van der Waals surface area (Å²) >= 11 is 0. The SMILES string of the molecule is CC(O)CC(C)Nc1ccccc1[N+](=O)[O-]. The third-order valence-electron chi connectivity index (χ3n) is 2.20. The molecule has 0 aliphatic rings. The largest absolute Gasteiger partial charge is 0.393 e. The van der Waals surface area contributed by atoms with E-state index < -0.39 is 11.0 Å². The molecule has 1 aromatic carbocycles. The zero-order valence-electron chi connectivity index (χ0n) is 9.38. The van der Waals surface area contributed by atoms with Crippen LogP contribution in [0.3, 0.4) is 0 Å². The highest BCUT2D eigenvalue weighted by Gasteiger charge is 2.14. The minimum absolute atomic E-state index is 0.0129. The number of aliphatic hydroxyl groups excluding tert-OH is 1. The molecule has 0 fully saturated rings. The summed E-state index contributed by atoms with van der Waals surface area (Å²) in [4.78, 5) is 10.3. The van der Waals surface area contributed by atoms with E-state index in [2.05, 4.69) is 5.32 Å². The molecule has 2 atom stereocenters. The quantitative estimate of drug-likeness (QED) is 0.593. The first-order valence-corrected chi connectivity index (χ1v) is 5.18. The molecule has 0 bridgehead atoms. The van der Waals surface area contributed by atoms with Crippen molar-refractivity contribution in [2.75, 3.05) is 5.32 Å². The van der Waals surface area contributed by atoms with Gasteiger partial charge in [0.15, 0.2) is 0 Å². The third-order valence-corrected chi connectivity index (χ3v) is 2.20. The number of rotatable bonds is 5. The molecule has 1 rings (SSSR count). The average Bonchev–Trinajstić information content (AvgIpc) is 2.16. The Morgan fingerprint density at radius 2 is 2.06 bits per heavy atom. The average molecular weight is 224 g/mol. The van der Waals surface area contributed by atoms with E-state index in [4.69, 9.17) is 0 Å². The first-order valence-electron chi connectivity index (χ1n) is 5.18. The molecule has 5 nitrogen and oxygen atoms in total. The Kier molecular flexibility index (Phi) is 4.25. The van der Waals surface area contributed by atoms with Crippen LogP contribution in [0.5, 0.6) is 0 Å². The fraction of sp³-hybridized carbons (Fsp3) is 0.455. The Hall–Kier alpha value is -1.62. The van der Waals surface area contributed by atoms with E-state index in [0.29, 0.717) is 12.1 Å². The standard InChI is InChI=1S/C11H16N2O3/c1-8(7-9(2)14)12-10-5-3-4-6-11(10)13(15)16/h3-6,8-9,12,14H,7H2,1-2H3. The molecule has 0 aromatic heterocycles. The number of hydrogen-bond acceptors (Lipinski definition) is 4. The highest BCUT2D eigenvalue weighted by molar-refractivity contribution is 5.61. The smallest absolute Gasteiger partial charge is 0.292 e. The molecule has 0 spiro atoms. The van der Waals surface area contributed by atoms with Crippen molar-refractivity contribution in [3.63, 3.8) is 0 Å². The highest BCUT2D eigenvalue weighted by Crippen LogP contribution is 2.24. The number of hydrogen-bond donors (Lipinski definition) is 2. The summed E-state index contributed by atoms with van der Waals surface area (Å²) in [5.74, 6) is 0. The van der Waals surface area contributed by atoms with Crippen LogP contribution in [-0.2, 0) is 0 Å². The molecule has 2 unspecified atom stereocenters. The number of para-hydroxylation sites is 2. The number of benzene rings is 1. The summed E-state index contributed by atoms with van der Waals surface area (Å²) in [5.41, 5.74) is 0.542. The van der Waals surface area contributed by atoms with Crippen LogP contribution in [0, 0.1) is 10.1 Å². The normalized spacial score (nSPS) is 14.2. The maximum Gasteiger partial charge on any atom is 0.292 e. The van der Waals surface area contributed by atoms with Crippen LogP contribution >= 0.6 is 0 Å². The van der Waals surface area contributed by atoms with E-state index in [1.807, 2.05) is 6.92 Å². The molecule has 88 valence electrons. The molecule has 0 saturated carbocycles. The molecular weight excluding hydrogens is 208 g/mol. The number of nitro benzene ring substituents is 1. The summed E-state index contributed by atoms with van der Waals surface area (Å²) in [6.45, 7) is 3.57. The maximum atomic E-state index is 10.7. The van der Waals surface area contributed by atoms with E-state index in [0.717, 1.165) is 0 Å². The molecule has 0 heterocycles. The van der Waals surface area contributed by atoms with Gasteiger partial charge in [0.2, 0.25) is 0 Å². The number of nitrogens with zero attached hydrogens (tertiary/aromatic N) is 1. The van der Waals surface area contributed by atoms with E-state index >= 15 is 0 Å². The van der Waals surface area contributed by atoms with Gasteiger partial charge in [-0.25, -0.2) is 0 Å². The van der Waals surface area contributed by atoms with Gasteiger partial charge in [0, 0.05) is 12.1 Å². The predicted molar refractivity (Wildman–Crippen MR) is 62.5 cm³/mol. The van der Waals surface area contributed by atoms with Crippen LogP contribution in [-0.4, -0.2) is 22.2 Å². The van der Waals surface area contributed by atoms with Gasteiger partial charge in [0.05, 0.1) is 11.0 Å². The van der Waals surface area contributed by atoms with Crippen molar-refractivity contribution in [3.8, 4) is 0 Å². The van der Waals surface area contributed by atoms with Gasteiger partial charge >= 0.3 is 0 Å². The van der Waals surface area contributed by atoms with Crippen molar-refractivity contribution >= 4 is 11.4 Å². The fourth-order valence-electron chi connectivity index (χ4n) is 1.59. The molecule has 0 radical (unpaired) electrons. The van der Waals surface area contributed by atoms with Crippen LogP contribution in [0.25, 0.3) is 0 Å². The zero-order chi connectivity index (χ0) is 12.1. The van der Waals surface area contributed by atoms with Crippen molar-refractivity contribution in [1.29, 1.82) is 0 Å². The molecule has 1 aromatic rings. The van der Waals surface area contributed by atoms with E-state index in [-0.39, 0.29) is 11.7 Å². The summed E-state index contributed by atoms with van der Waals surface area (Å²) in [6.07, 6.45) is 0.122. The second-order valence-corrected chi connectivity index (χ2v) is 3.90. The van der Waals surface area contributed by atoms with Crippen molar-refractivity contribution in [1.82, 2.24) is 0 Å². The predicted octanol–water partition coefficient (Wildman–Crippen LogP) is 2.17. The van der Waals surface area contributed by atoms with Gasteiger partial charge in [-0.15, -0.1) is 0 Å². The van der Waals surface area contributed by atoms with Gasteiger partial charge in [0.1, 0.15) is 5.69 Å². The number of nitrogens with one attached hydrogen (secondary N) is 1. The van der Waals surface area contributed by atoms with Gasteiger partial charge in [-0.05, 0) is 26.3 Å². The summed E-state index contributed by atoms with van der Waals surface area (Å²) in [5, 5.41) is 23.0. The van der Waals surface area contributed by atoms with Crippen LogP contribution < -0.4 is 5.32 Å². The topological polar surface area (TPSA) is 75.4 Å².